The van der Waals surface area contributed by atoms with Crippen molar-refractivity contribution in [2.75, 3.05) is 13.2 Å². The molecule has 1 atom stereocenters. The molecule has 0 aromatic heterocycles. The fraction of sp³-hybridized carbons (Fsp3) is 0.400. The first-order chi connectivity index (χ1) is 15.1. The van der Waals surface area contributed by atoms with Crippen LogP contribution in [0.2, 0.25) is 0 Å². The van der Waals surface area contributed by atoms with E-state index in [4.69, 9.17) is 9.84 Å². The third-order valence-electron chi connectivity index (χ3n) is 5.67. The number of amides is 2. The standard InChI is InChI=1S/C25H30N2O5/c1-16(23(30)27(25(2,3)4)14-13-22(28)29)26-24(31)32-15-21-19-11-7-5-9-17(19)18-10-6-8-12-20(18)21/h5-12,16,21H,13-15H2,1-4H3,(H,26,31)(H,28,29)/t16-/m0/s1. The van der Waals surface area contributed by atoms with E-state index in [2.05, 4.69) is 17.4 Å². The van der Waals surface area contributed by atoms with Gasteiger partial charge in [0.1, 0.15) is 12.6 Å². The van der Waals surface area contributed by atoms with Crippen LogP contribution in [0.25, 0.3) is 11.1 Å². The Kier molecular flexibility index (Phi) is 6.87. The molecule has 0 heterocycles. The summed E-state index contributed by atoms with van der Waals surface area (Å²) in [4.78, 5) is 37.8. The molecular formula is C25H30N2O5. The van der Waals surface area contributed by atoms with E-state index in [1.54, 1.807) is 6.92 Å². The van der Waals surface area contributed by atoms with Gasteiger partial charge in [-0.2, -0.15) is 0 Å². The summed E-state index contributed by atoms with van der Waals surface area (Å²) in [5.41, 5.74) is 3.92. The number of carboxylic acids is 1. The lowest BCUT2D eigenvalue weighted by molar-refractivity contribution is -0.141. The maximum Gasteiger partial charge on any atom is 0.407 e. The van der Waals surface area contributed by atoms with Crippen LogP contribution in [-0.4, -0.2) is 52.7 Å². The Balaban J connectivity index is 1.63. The molecule has 0 saturated heterocycles. The number of rotatable bonds is 7. The lowest BCUT2D eigenvalue weighted by Gasteiger charge is -2.37. The first-order valence-electron chi connectivity index (χ1n) is 10.7. The summed E-state index contributed by atoms with van der Waals surface area (Å²) >= 11 is 0. The summed E-state index contributed by atoms with van der Waals surface area (Å²) in [6.07, 6.45) is -0.847. The van der Waals surface area contributed by atoms with Gasteiger partial charge in [0.25, 0.3) is 0 Å². The molecule has 0 radical (unpaired) electrons. The van der Waals surface area contributed by atoms with Crippen molar-refractivity contribution in [2.24, 2.45) is 0 Å². The zero-order valence-electron chi connectivity index (χ0n) is 18.9. The number of nitrogens with zero attached hydrogens (tertiary/aromatic N) is 1. The number of hydrogen-bond acceptors (Lipinski definition) is 4. The zero-order valence-corrected chi connectivity index (χ0v) is 18.9. The molecule has 2 aromatic carbocycles. The highest BCUT2D eigenvalue weighted by Crippen LogP contribution is 2.44. The molecule has 2 amide bonds. The minimum Gasteiger partial charge on any atom is -0.481 e. The van der Waals surface area contributed by atoms with Crippen molar-refractivity contribution in [1.29, 1.82) is 0 Å². The van der Waals surface area contributed by atoms with E-state index in [-0.39, 0.29) is 31.4 Å². The van der Waals surface area contributed by atoms with E-state index in [0.717, 1.165) is 22.3 Å². The van der Waals surface area contributed by atoms with Crippen LogP contribution >= 0.6 is 0 Å². The molecule has 1 aliphatic carbocycles. The molecule has 2 aromatic rings. The molecule has 0 spiro atoms. The van der Waals surface area contributed by atoms with Crippen LogP contribution in [0, 0.1) is 0 Å². The molecule has 3 rings (SSSR count). The van der Waals surface area contributed by atoms with Gasteiger partial charge in [0.15, 0.2) is 0 Å². The number of carboxylic acid groups (broad SMARTS) is 1. The Morgan fingerprint density at radius 3 is 2.06 bits per heavy atom. The van der Waals surface area contributed by atoms with E-state index < -0.39 is 23.6 Å². The number of nitrogens with one attached hydrogen (secondary N) is 1. The lowest BCUT2D eigenvalue weighted by Crippen LogP contribution is -2.54. The molecule has 7 heteroatoms. The minimum atomic E-state index is -0.982. The van der Waals surface area contributed by atoms with Gasteiger partial charge in [-0.05, 0) is 49.9 Å². The van der Waals surface area contributed by atoms with Crippen LogP contribution in [-0.2, 0) is 14.3 Å². The monoisotopic (exact) mass is 438 g/mol. The van der Waals surface area contributed by atoms with Crippen LogP contribution < -0.4 is 5.32 Å². The number of alkyl carbamates (subject to hydrolysis) is 1. The van der Waals surface area contributed by atoms with E-state index in [9.17, 15) is 14.4 Å². The maximum atomic E-state index is 12.9. The summed E-state index contributed by atoms with van der Waals surface area (Å²) in [5, 5.41) is 11.6. The number of carbonyl (C=O) groups excluding carboxylic acids is 2. The van der Waals surface area contributed by atoms with Crippen LogP contribution in [0.4, 0.5) is 4.79 Å². The zero-order chi connectivity index (χ0) is 23.5. The normalized spacial score (nSPS) is 13.6. The maximum absolute atomic E-state index is 12.9. The van der Waals surface area contributed by atoms with Crippen molar-refractivity contribution in [3.63, 3.8) is 0 Å². The molecule has 1 aliphatic rings. The van der Waals surface area contributed by atoms with Crippen molar-refractivity contribution >= 4 is 18.0 Å². The number of aliphatic carboxylic acids is 1. The molecule has 0 aliphatic heterocycles. The number of hydrogen-bond donors (Lipinski definition) is 2. The van der Waals surface area contributed by atoms with E-state index in [1.165, 1.54) is 4.90 Å². The average molecular weight is 439 g/mol. The predicted molar refractivity (Wildman–Crippen MR) is 121 cm³/mol. The summed E-state index contributed by atoms with van der Waals surface area (Å²) < 4.78 is 5.51. The average Bonchev–Trinajstić information content (AvgIpc) is 3.05. The highest BCUT2D eigenvalue weighted by Gasteiger charge is 2.32. The summed E-state index contributed by atoms with van der Waals surface area (Å²) in [6, 6.07) is 15.3. The minimum absolute atomic E-state index is 0.0639. The van der Waals surface area contributed by atoms with E-state index in [1.807, 2.05) is 57.2 Å². The second-order valence-electron chi connectivity index (χ2n) is 9.00. The second-order valence-corrected chi connectivity index (χ2v) is 9.00. The summed E-state index contributed by atoms with van der Waals surface area (Å²) in [5.74, 6) is -1.41. The Bertz CT molecular complexity index is 966. The van der Waals surface area contributed by atoms with Crippen molar-refractivity contribution in [3.8, 4) is 11.1 Å². The first-order valence-corrected chi connectivity index (χ1v) is 10.7. The van der Waals surface area contributed by atoms with Gasteiger partial charge in [-0.1, -0.05) is 48.5 Å². The molecule has 0 bridgehead atoms. The van der Waals surface area contributed by atoms with Gasteiger partial charge in [-0.3, -0.25) is 9.59 Å². The van der Waals surface area contributed by atoms with Crippen molar-refractivity contribution in [3.05, 3.63) is 59.7 Å². The number of ether oxygens (including phenoxy) is 1. The fourth-order valence-electron chi connectivity index (χ4n) is 4.10. The van der Waals surface area contributed by atoms with Crippen LogP contribution in [0.15, 0.2) is 48.5 Å². The van der Waals surface area contributed by atoms with Crippen molar-refractivity contribution < 1.29 is 24.2 Å². The topological polar surface area (TPSA) is 95.9 Å². The molecule has 7 nitrogen and oxygen atoms in total. The molecule has 170 valence electrons. The van der Waals surface area contributed by atoms with Gasteiger partial charge < -0.3 is 20.1 Å². The lowest BCUT2D eigenvalue weighted by atomic mass is 9.98. The van der Waals surface area contributed by atoms with Gasteiger partial charge in [0.05, 0.1) is 6.42 Å². The highest BCUT2D eigenvalue weighted by molar-refractivity contribution is 5.86. The SMILES string of the molecule is C[C@H](NC(=O)OCC1c2ccccc2-c2ccccc21)C(=O)N(CCC(=O)O)C(C)(C)C. The van der Waals surface area contributed by atoms with Gasteiger partial charge in [0.2, 0.25) is 5.91 Å². The van der Waals surface area contributed by atoms with Crippen LogP contribution in [0.3, 0.4) is 0 Å². The van der Waals surface area contributed by atoms with Crippen molar-refractivity contribution in [1.82, 2.24) is 10.2 Å². The van der Waals surface area contributed by atoms with E-state index in [0.29, 0.717) is 0 Å². The first kappa shape index (κ1) is 23.3. The summed E-state index contributed by atoms with van der Waals surface area (Å²) in [7, 11) is 0. The molecule has 0 fully saturated rings. The second kappa shape index (κ2) is 9.42. The Morgan fingerprint density at radius 1 is 1.03 bits per heavy atom. The number of fused-ring (bicyclic) bond motifs is 3. The quantitative estimate of drug-likeness (QED) is 0.681. The predicted octanol–water partition coefficient (Wildman–Crippen LogP) is 4.02. The Hall–Kier alpha value is -3.35. The molecule has 0 saturated carbocycles. The highest BCUT2D eigenvalue weighted by atomic mass is 16.5. The van der Waals surface area contributed by atoms with Gasteiger partial charge in [-0.15, -0.1) is 0 Å². The molecule has 2 N–H and O–H groups in total. The molecular weight excluding hydrogens is 408 g/mol. The summed E-state index contributed by atoms with van der Waals surface area (Å²) in [6.45, 7) is 7.27. The fourth-order valence-corrected chi connectivity index (χ4v) is 4.10. The number of carbonyl (C=O) groups is 3. The van der Waals surface area contributed by atoms with Gasteiger partial charge >= 0.3 is 12.1 Å². The third-order valence-corrected chi connectivity index (χ3v) is 5.67. The Morgan fingerprint density at radius 2 is 1.56 bits per heavy atom. The number of benzene rings is 2. The molecule has 32 heavy (non-hydrogen) atoms. The largest absolute Gasteiger partial charge is 0.481 e. The third kappa shape index (κ3) is 5.10. The smallest absolute Gasteiger partial charge is 0.407 e. The van der Waals surface area contributed by atoms with Gasteiger partial charge in [-0.25, -0.2) is 4.79 Å². The van der Waals surface area contributed by atoms with E-state index >= 15 is 0 Å². The van der Waals surface area contributed by atoms with Crippen LogP contribution in [0.1, 0.15) is 51.2 Å². The van der Waals surface area contributed by atoms with Crippen LogP contribution in [0.5, 0.6) is 0 Å². The Labute approximate surface area is 188 Å². The van der Waals surface area contributed by atoms with Gasteiger partial charge in [0, 0.05) is 18.0 Å². The van der Waals surface area contributed by atoms with Crippen molar-refractivity contribution in [2.45, 2.75) is 51.6 Å². The molecule has 0 unspecified atom stereocenters.